The Hall–Kier alpha value is -2.22. The third kappa shape index (κ3) is 8.26. The van der Waals surface area contributed by atoms with Crippen LogP contribution >= 0.6 is 0 Å². The van der Waals surface area contributed by atoms with E-state index in [4.69, 9.17) is 9.47 Å². The highest BCUT2D eigenvalue weighted by Gasteiger charge is 2.16. The number of unbranched alkanes of at least 4 members (excludes halogenated alkanes) is 6. The molecule has 0 radical (unpaired) electrons. The molecule has 164 valence electrons. The molecular formula is C28H40O2. The minimum atomic E-state index is 0.244. The van der Waals surface area contributed by atoms with Crippen molar-refractivity contribution in [3.05, 3.63) is 61.2 Å². The maximum atomic E-state index is 6.43. The zero-order chi connectivity index (χ0) is 21.4. The van der Waals surface area contributed by atoms with Crippen molar-refractivity contribution in [3.8, 4) is 22.6 Å². The smallest absolute Gasteiger partial charge is 0.131 e. The summed E-state index contributed by atoms with van der Waals surface area (Å²) in [5, 5.41) is 0. The van der Waals surface area contributed by atoms with Gasteiger partial charge >= 0.3 is 0 Å². The monoisotopic (exact) mass is 408 g/mol. The van der Waals surface area contributed by atoms with Gasteiger partial charge in [-0.05, 0) is 49.8 Å². The second-order valence-corrected chi connectivity index (χ2v) is 7.98. The summed E-state index contributed by atoms with van der Waals surface area (Å²) < 4.78 is 12.7. The number of benzene rings is 2. The van der Waals surface area contributed by atoms with Crippen molar-refractivity contribution >= 4 is 0 Å². The van der Waals surface area contributed by atoms with Gasteiger partial charge in [0, 0.05) is 0 Å². The molecule has 0 saturated heterocycles. The molecule has 0 heterocycles. The Bertz CT molecular complexity index is 708. The van der Waals surface area contributed by atoms with E-state index in [2.05, 4.69) is 69.0 Å². The lowest BCUT2D eigenvalue weighted by molar-refractivity contribution is 0.185. The molecule has 0 fully saturated rings. The van der Waals surface area contributed by atoms with Crippen molar-refractivity contribution in [3.63, 3.8) is 0 Å². The molecule has 0 aliphatic heterocycles. The van der Waals surface area contributed by atoms with Crippen molar-refractivity contribution < 1.29 is 9.47 Å². The van der Waals surface area contributed by atoms with Crippen molar-refractivity contribution in [2.45, 2.75) is 84.2 Å². The van der Waals surface area contributed by atoms with Crippen LogP contribution in [0.15, 0.2) is 61.2 Å². The zero-order valence-electron chi connectivity index (χ0n) is 19.1. The Balaban J connectivity index is 2.00. The molecule has 0 saturated carbocycles. The van der Waals surface area contributed by atoms with Crippen molar-refractivity contribution in [2.75, 3.05) is 6.61 Å². The summed E-state index contributed by atoms with van der Waals surface area (Å²) in [5.41, 5.74) is 2.23. The van der Waals surface area contributed by atoms with Gasteiger partial charge in [0.25, 0.3) is 0 Å². The molecule has 0 aliphatic carbocycles. The van der Waals surface area contributed by atoms with E-state index in [0.717, 1.165) is 61.3 Å². The second kappa shape index (κ2) is 14.7. The SMILES string of the molecule is C=CCCCCCCCCOc1cccc(OC(CC)CCC)c1-c1ccccc1. The molecule has 0 bridgehead atoms. The molecule has 2 aromatic carbocycles. The van der Waals surface area contributed by atoms with Gasteiger partial charge in [0.1, 0.15) is 11.5 Å². The summed E-state index contributed by atoms with van der Waals surface area (Å²) in [6.45, 7) is 8.95. The molecule has 2 aromatic rings. The zero-order valence-corrected chi connectivity index (χ0v) is 19.1. The van der Waals surface area contributed by atoms with Gasteiger partial charge in [-0.25, -0.2) is 0 Å². The number of hydrogen-bond acceptors (Lipinski definition) is 2. The Morgan fingerprint density at radius 1 is 0.833 bits per heavy atom. The van der Waals surface area contributed by atoms with E-state index in [1.54, 1.807) is 0 Å². The van der Waals surface area contributed by atoms with Gasteiger partial charge in [0.15, 0.2) is 0 Å². The van der Waals surface area contributed by atoms with Gasteiger partial charge in [0.2, 0.25) is 0 Å². The number of ether oxygens (including phenoxy) is 2. The third-order valence-corrected chi connectivity index (χ3v) is 5.47. The van der Waals surface area contributed by atoms with E-state index in [0.29, 0.717) is 0 Å². The van der Waals surface area contributed by atoms with Crippen LogP contribution < -0.4 is 9.47 Å². The van der Waals surface area contributed by atoms with Crippen molar-refractivity contribution in [1.82, 2.24) is 0 Å². The standard InChI is InChI=1S/C28H40O2/c1-4-7-8-9-10-11-12-16-23-29-26-21-17-22-27(30-25(6-3)18-5-2)28(26)24-19-14-13-15-20-24/h4,13-15,17,19-22,25H,1,5-12,16,18,23H2,2-3H3. The predicted octanol–water partition coefficient (Wildman–Crippen LogP) is 8.61. The fourth-order valence-electron chi connectivity index (χ4n) is 3.75. The average molecular weight is 409 g/mol. The van der Waals surface area contributed by atoms with Crippen LogP contribution in [0.3, 0.4) is 0 Å². The van der Waals surface area contributed by atoms with Crippen LogP contribution in [-0.2, 0) is 0 Å². The first kappa shape index (κ1) is 24.1. The maximum absolute atomic E-state index is 6.43. The van der Waals surface area contributed by atoms with Gasteiger partial charge in [-0.2, -0.15) is 0 Å². The molecule has 1 atom stereocenters. The van der Waals surface area contributed by atoms with Crippen LogP contribution in [0, 0.1) is 0 Å². The normalized spacial score (nSPS) is 11.8. The van der Waals surface area contributed by atoms with Crippen LogP contribution in [0.25, 0.3) is 11.1 Å². The van der Waals surface area contributed by atoms with Crippen LogP contribution in [0.4, 0.5) is 0 Å². The molecule has 2 heteroatoms. The number of hydrogen-bond donors (Lipinski definition) is 0. The van der Waals surface area contributed by atoms with E-state index in [-0.39, 0.29) is 6.10 Å². The summed E-state index contributed by atoms with van der Waals surface area (Å²) >= 11 is 0. The Morgan fingerprint density at radius 2 is 1.53 bits per heavy atom. The Kier molecular flexibility index (Phi) is 11.8. The summed E-state index contributed by atoms with van der Waals surface area (Å²) in [7, 11) is 0. The van der Waals surface area contributed by atoms with Crippen LogP contribution in [0.1, 0.15) is 78.1 Å². The lowest BCUT2D eigenvalue weighted by Crippen LogP contribution is -2.15. The highest BCUT2D eigenvalue weighted by atomic mass is 16.5. The highest BCUT2D eigenvalue weighted by molar-refractivity contribution is 5.76. The molecule has 1 unspecified atom stereocenters. The van der Waals surface area contributed by atoms with Crippen molar-refractivity contribution in [2.24, 2.45) is 0 Å². The van der Waals surface area contributed by atoms with Gasteiger partial charge in [0.05, 0.1) is 18.3 Å². The van der Waals surface area contributed by atoms with E-state index >= 15 is 0 Å². The van der Waals surface area contributed by atoms with Gasteiger partial charge in [-0.1, -0.05) is 88.4 Å². The first-order valence-corrected chi connectivity index (χ1v) is 11.9. The van der Waals surface area contributed by atoms with E-state index < -0.39 is 0 Å². The molecule has 0 spiro atoms. The van der Waals surface area contributed by atoms with Crippen LogP contribution in [-0.4, -0.2) is 12.7 Å². The second-order valence-electron chi connectivity index (χ2n) is 7.98. The Labute approximate surface area is 184 Å². The lowest BCUT2D eigenvalue weighted by atomic mass is 10.0. The largest absolute Gasteiger partial charge is 0.493 e. The van der Waals surface area contributed by atoms with E-state index in [1.807, 2.05) is 6.08 Å². The fourth-order valence-corrected chi connectivity index (χ4v) is 3.75. The van der Waals surface area contributed by atoms with Crippen molar-refractivity contribution in [1.29, 1.82) is 0 Å². The van der Waals surface area contributed by atoms with Crippen LogP contribution in [0.2, 0.25) is 0 Å². The topological polar surface area (TPSA) is 18.5 Å². The summed E-state index contributed by atoms with van der Waals surface area (Å²) in [4.78, 5) is 0. The molecule has 0 aliphatic rings. The molecular weight excluding hydrogens is 368 g/mol. The molecule has 2 nitrogen and oxygen atoms in total. The molecule has 0 amide bonds. The minimum Gasteiger partial charge on any atom is -0.493 e. The lowest BCUT2D eigenvalue weighted by Gasteiger charge is -2.21. The van der Waals surface area contributed by atoms with E-state index in [1.165, 1.54) is 32.1 Å². The summed E-state index contributed by atoms with van der Waals surface area (Å²) in [6.07, 6.45) is 14.1. The first-order valence-electron chi connectivity index (χ1n) is 11.9. The quantitative estimate of drug-likeness (QED) is 0.204. The number of rotatable bonds is 16. The molecule has 2 rings (SSSR count). The molecule has 30 heavy (non-hydrogen) atoms. The fraction of sp³-hybridized carbons (Fsp3) is 0.500. The average Bonchev–Trinajstić information content (AvgIpc) is 2.78. The molecule has 0 aromatic heterocycles. The van der Waals surface area contributed by atoms with Gasteiger partial charge in [-0.15, -0.1) is 6.58 Å². The predicted molar refractivity (Wildman–Crippen MR) is 130 cm³/mol. The van der Waals surface area contributed by atoms with Gasteiger partial charge in [-0.3, -0.25) is 0 Å². The van der Waals surface area contributed by atoms with Crippen LogP contribution in [0.5, 0.6) is 11.5 Å². The maximum Gasteiger partial charge on any atom is 0.131 e. The third-order valence-electron chi connectivity index (χ3n) is 5.47. The molecule has 0 N–H and O–H groups in total. The summed E-state index contributed by atoms with van der Waals surface area (Å²) in [5.74, 6) is 1.86. The Morgan fingerprint density at radius 3 is 2.23 bits per heavy atom. The van der Waals surface area contributed by atoms with Gasteiger partial charge < -0.3 is 9.47 Å². The number of allylic oxidation sites excluding steroid dienone is 1. The highest BCUT2D eigenvalue weighted by Crippen LogP contribution is 2.39. The summed E-state index contributed by atoms with van der Waals surface area (Å²) in [6, 6.07) is 16.7. The minimum absolute atomic E-state index is 0.244. The van der Waals surface area contributed by atoms with E-state index in [9.17, 15) is 0 Å². The first-order chi connectivity index (χ1) is 14.8.